The van der Waals surface area contributed by atoms with E-state index < -0.39 is 5.97 Å². The molecule has 2 N–H and O–H groups in total. The molecule has 17 heavy (non-hydrogen) atoms. The van der Waals surface area contributed by atoms with Crippen molar-refractivity contribution in [1.29, 1.82) is 0 Å². The topological polar surface area (TPSA) is 78.1 Å². The summed E-state index contributed by atoms with van der Waals surface area (Å²) in [5, 5.41) is 0. The largest absolute Gasteiger partial charge is 0.462 e. The van der Waals surface area contributed by atoms with E-state index in [0.717, 1.165) is 18.7 Å². The van der Waals surface area contributed by atoms with Crippen molar-refractivity contribution in [1.82, 2.24) is 9.97 Å². The van der Waals surface area contributed by atoms with Crippen LogP contribution in [0.15, 0.2) is 6.20 Å². The zero-order valence-corrected chi connectivity index (χ0v) is 9.98. The van der Waals surface area contributed by atoms with Gasteiger partial charge >= 0.3 is 5.97 Å². The zero-order valence-electron chi connectivity index (χ0n) is 9.98. The third kappa shape index (κ3) is 2.54. The van der Waals surface area contributed by atoms with Crippen molar-refractivity contribution in [2.75, 3.05) is 12.3 Å². The average molecular weight is 235 g/mol. The molecule has 0 radical (unpaired) electrons. The maximum Gasteiger partial charge on any atom is 0.343 e. The standard InChI is InChI=1S/C12H17N3O2/c1-2-17-12(16)9-7-14-11(15-10(9)13)8-5-3-4-6-8/h7-8H,2-6H2,1H3,(H2,13,14,15). The van der Waals surface area contributed by atoms with Crippen molar-refractivity contribution in [3.8, 4) is 0 Å². The van der Waals surface area contributed by atoms with Crippen LogP contribution in [0.3, 0.4) is 0 Å². The minimum absolute atomic E-state index is 0.223. The number of hydrogen-bond acceptors (Lipinski definition) is 5. The van der Waals surface area contributed by atoms with Crippen molar-refractivity contribution in [3.05, 3.63) is 17.6 Å². The lowest BCUT2D eigenvalue weighted by atomic mass is 10.1. The molecule has 0 saturated heterocycles. The van der Waals surface area contributed by atoms with Gasteiger partial charge in [-0.05, 0) is 19.8 Å². The fourth-order valence-corrected chi connectivity index (χ4v) is 2.16. The van der Waals surface area contributed by atoms with Crippen molar-refractivity contribution >= 4 is 11.8 Å². The molecular weight excluding hydrogens is 218 g/mol. The molecule has 5 heteroatoms. The molecule has 1 aliphatic rings. The first kappa shape index (κ1) is 11.8. The molecule has 5 nitrogen and oxygen atoms in total. The molecule has 2 rings (SSSR count). The Hall–Kier alpha value is -1.65. The Morgan fingerprint density at radius 2 is 2.24 bits per heavy atom. The zero-order chi connectivity index (χ0) is 12.3. The summed E-state index contributed by atoms with van der Waals surface area (Å²) in [6, 6.07) is 0. The first-order chi connectivity index (χ1) is 8.22. The highest BCUT2D eigenvalue weighted by atomic mass is 16.5. The summed E-state index contributed by atoms with van der Waals surface area (Å²) in [5.41, 5.74) is 6.03. The second-order valence-corrected chi connectivity index (χ2v) is 4.23. The Bertz CT molecular complexity index is 414. The summed E-state index contributed by atoms with van der Waals surface area (Å²) in [4.78, 5) is 20.0. The fourth-order valence-electron chi connectivity index (χ4n) is 2.16. The van der Waals surface area contributed by atoms with E-state index in [1.165, 1.54) is 19.0 Å². The van der Waals surface area contributed by atoms with E-state index in [1.54, 1.807) is 6.92 Å². The lowest BCUT2D eigenvalue weighted by molar-refractivity contribution is 0.0526. The number of carbonyl (C=O) groups excluding carboxylic acids is 1. The van der Waals surface area contributed by atoms with E-state index in [9.17, 15) is 4.79 Å². The van der Waals surface area contributed by atoms with E-state index in [0.29, 0.717) is 12.5 Å². The van der Waals surface area contributed by atoms with Crippen LogP contribution < -0.4 is 5.73 Å². The Morgan fingerprint density at radius 3 is 2.82 bits per heavy atom. The Labute approximate surface area is 100 Å². The molecule has 1 heterocycles. The average Bonchev–Trinajstić information content (AvgIpc) is 2.82. The first-order valence-corrected chi connectivity index (χ1v) is 6.02. The van der Waals surface area contributed by atoms with E-state index in [1.807, 2.05) is 0 Å². The number of ether oxygens (including phenoxy) is 1. The molecule has 1 aromatic heterocycles. The van der Waals surface area contributed by atoms with Gasteiger partial charge in [-0.3, -0.25) is 0 Å². The molecule has 0 aliphatic heterocycles. The molecule has 0 atom stereocenters. The van der Waals surface area contributed by atoms with Gasteiger partial charge in [0.15, 0.2) is 0 Å². The predicted molar refractivity (Wildman–Crippen MR) is 63.6 cm³/mol. The molecule has 0 aromatic carbocycles. The number of rotatable bonds is 3. The SMILES string of the molecule is CCOC(=O)c1cnc(C2CCCC2)nc1N. The third-order valence-corrected chi connectivity index (χ3v) is 3.05. The van der Waals surface area contributed by atoms with Gasteiger partial charge in [0.2, 0.25) is 0 Å². The molecule has 0 unspecified atom stereocenters. The number of aromatic nitrogens is 2. The number of hydrogen-bond donors (Lipinski definition) is 1. The van der Waals surface area contributed by atoms with Gasteiger partial charge in [-0.25, -0.2) is 14.8 Å². The van der Waals surface area contributed by atoms with Crippen LogP contribution >= 0.6 is 0 Å². The van der Waals surface area contributed by atoms with Crippen molar-refractivity contribution in [2.24, 2.45) is 0 Å². The monoisotopic (exact) mass is 235 g/mol. The summed E-state index contributed by atoms with van der Waals surface area (Å²) in [6.45, 7) is 2.07. The van der Waals surface area contributed by atoms with Crippen LogP contribution in [0.5, 0.6) is 0 Å². The molecule has 1 aromatic rings. The first-order valence-electron chi connectivity index (χ1n) is 6.02. The second kappa shape index (κ2) is 5.12. The molecule has 1 saturated carbocycles. The number of nitrogens with two attached hydrogens (primary N) is 1. The highest BCUT2D eigenvalue weighted by molar-refractivity contribution is 5.93. The number of anilines is 1. The van der Waals surface area contributed by atoms with Crippen LogP contribution in [0.4, 0.5) is 5.82 Å². The maximum absolute atomic E-state index is 11.5. The highest BCUT2D eigenvalue weighted by Gasteiger charge is 2.21. The number of esters is 1. The quantitative estimate of drug-likeness (QED) is 0.809. The summed E-state index contributed by atoms with van der Waals surface area (Å²) in [6.07, 6.45) is 6.13. The Kier molecular flexibility index (Phi) is 3.56. The van der Waals surface area contributed by atoms with Crippen molar-refractivity contribution in [3.63, 3.8) is 0 Å². The molecule has 92 valence electrons. The second-order valence-electron chi connectivity index (χ2n) is 4.23. The minimum Gasteiger partial charge on any atom is -0.462 e. The van der Waals surface area contributed by atoms with E-state index in [2.05, 4.69) is 9.97 Å². The van der Waals surface area contributed by atoms with E-state index in [-0.39, 0.29) is 11.4 Å². The molecule has 0 spiro atoms. The van der Waals surface area contributed by atoms with Crippen LogP contribution in [-0.4, -0.2) is 22.5 Å². The highest BCUT2D eigenvalue weighted by Crippen LogP contribution is 2.32. The summed E-state index contributed by atoms with van der Waals surface area (Å²) >= 11 is 0. The summed E-state index contributed by atoms with van der Waals surface area (Å²) in [5.74, 6) is 0.921. The summed E-state index contributed by atoms with van der Waals surface area (Å²) < 4.78 is 4.88. The Morgan fingerprint density at radius 1 is 1.53 bits per heavy atom. The normalized spacial score (nSPS) is 16.1. The van der Waals surface area contributed by atoms with Gasteiger partial charge in [-0.15, -0.1) is 0 Å². The number of nitrogen functional groups attached to an aromatic ring is 1. The van der Waals surface area contributed by atoms with Gasteiger partial charge in [0, 0.05) is 12.1 Å². The van der Waals surface area contributed by atoms with Gasteiger partial charge in [0.05, 0.1) is 6.61 Å². The van der Waals surface area contributed by atoms with Crippen LogP contribution in [0, 0.1) is 0 Å². The minimum atomic E-state index is -0.456. The summed E-state index contributed by atoms with van der Waals surface area (Å²) in [7, 11) is 0. The molecule has 0 amide bonds. The van der Waals surface area contributed by atoms with Crippen LogP contribution in [0.25, 0.3) is 0 Å². The molecule has 0 bridgehead atoms. The van der Waals surface area contributed by atoms with Crippen LogP contribution in [0.1, 0.15) is 54.7 Å². The number of carbonyl (C=O) groups is 1. The van der Waals surface area contributed by atoms with Gasteiger partial charge in [-0.2, -0.15) is 0 Å². The third-order valence-electron chi connectivity index (χ3n) is 3.05. The lowest BCUT2D eigenvalue weighted by Crippen LogP contribution is -2.12. The lowest BCUT2D eigenvalue weighted by Gasteiger charge is -2.09. The van der Waals surface area contributed by atoms with Gasteiger partial charge in [-0.1, -0.05) is 12.8 Å². The fraction of sp³-hybridized carbons (Fsp3) is 0.583. The predicted octanol–water partition coefficient (Wildman–Crippen LogP) is 1.89. The molecular formula is C12H17N3O2. The van der Waals surface area contributed by atoms with Gasteiger partial charge in [0.25, 0.3) is 0 Å². The Balaban J connectivity index is 2.19. The van der Waals surface area contributed by atoms with Crippen molar-refractivity contribution < 1.29 is 9.53 Å². The van der Waals surface area contributed by atoms with Crippen LogP contribution in [0.2, 0.25) is 0 Å². The molecule has 1 aliphatic carbocycles. The smallest absolute Gasteiger partial charge is 0.343 e. The van der Waals surface area contributed by atoms with E-state index in [4.69, 9.17) is 10.5 Å². The van der Waals surface area contributed by atoms with Crippen LogP contribution in [-0.2, 0) is 4.74 Å². The molecule has 1 fully saturated rings. The van der Waals surface area contributed by atoms with E-state index >= 15 is 0 Å². The van der Waals surface area contributed by atoms with Gasteiger partial charge in [0.1, 0.15) is 17.2 Å². The number of nitrogens with zero attached hydrogens (tertiary/aromatic N) is 2. The van der Waals surface area contributed by atoms with Crippen molar-refractivity contribution in [2.45, 2.75) is 38.5 Å². The maximum atomic E-state index is 11.5. The van der Waals surface area contributed by atoms with Gasteiger partial charge < -0.3 is 10.5 Å².